The van der Waals surface area contributed by atoms with Crippen molar-refractivity contribution < 1.29 is 9.90 Å². The van der Waals surface area contributed by atoms with Crippen LogP contribution in [0.15, 0.2) is 24.3 Å². The van der Waals surface area contributed by atoms with E-state index in [1.54, 1.807) is 0 Å². The Morgan fingerprint density at radius 1 is 1.26 bits per heavy atom. The lowest BCUT2D eigenvalue weighted by Gasteiger charge is -2.25. The first-order valence-electron chi connectivity index (χ1n) is 7.88. The van der Waals surface area contributed by atoms with Gasteiger partial charge in [0.2, 0.25) is 0 Å². The molecular formula is C18H18N2O2S. The molecule has 1 N–H and O–H groups in total. The molecule has 5 heteroatoms. The van der Waals surface area contributed by atoms with E-state index in [2.05, 4.69) is 35.6 Å². The fraction of sp³-hybridized carbons (Fsp3) is 0.333. The lowest BCUT2D eigenvalue weighted by atomic mass is 9.82. The number of carboxylic acid groups (broad SMARTS) is 1. The Morgan fingerprint density at radius 2 is 1.96 bits per heavy atom. The molecular weight excluding hydrogens is 308 g/mol. The molecule has 0 aliphatic heterocycles. The Labute approximate surface area is 138 Å². The Balaban J connectivity index is 1.93. The zero-order valence-corrected chi connectivity index (χ0v) is 14.0. The van der Waals surface area contributed by atoms with Gasteiger partial charge in [0.05, 0.1) is 11.4 Å². The van der Waals surface area contributed by atoms with Crippen molar-refractivity contribution in [2.45, 2.75) is 39.0 Å². The topological polar surface area (TPSA) is 54.6 Å². The third kappa shape index (κ3) is 2.18. The highest BCUT2D eigenvalue weighted by Gasteiger charge is 2.31. The highest BCUT2D eigenvalue weighted by atomic mass is 32.1. The molecule has 0 atom stereocenters. The SMILES string of the molecule is Cc1ccc(-c2nc3sc(C(=O)O)c(C4CCC4)n3c2C)cc1. The van der Waals surface area contributed by atoms with E-state index in [0.29, 0.717) is 10.8 Å². The fourth-order valence-corrected chi connectivity index (χ4v) is 4.36. The highest BCUT2D eigenvalue weighted by molar-refractivity contribution is 7.19. The second-order valence-electron chi connectivity index (χ2n) is 6.28. The zero-order chi connectivity index (χ0) is 16.1. The molecule has 1 aromatic carbocycles. The van der Waals surface area contributed by atoms with Gasteiger partial charge < -0.3 is 5.11 Å². The molecule has 0 amide bonds. The van der Waals surface area contributed by atoms with Crippen LogP contribution in [0.2, 0.25) is 0 Å². The Hall–Kier alpha value is -2.14. The van der Waals surface area contributed by atoms with Gasteiger partial charge in [-0.2, -0.15) is 0 Å². The van der Waals surface area contributed by atoms with E-state index < -0.39 is 5.97 Å². The number of rotatable bonds is 3. The van der Waals surface area contributed by atoms with E-state index in [9.17, 15) is 9.90 Å². The molecule has 1 saturated carbocycles. The Bertz CT molecular complexity index is 901. The number of carboxylic acids is 1. The summed E-state index contributed by atoms with van der Waals surface area (Å²) >= 11 is 1.29. The van der Waals surface area contributed by atoms with Crippen molar-refractivity contribution in [2.24, 2.45) is 0 Å². The monoisotopic (exact) mass is 326 g/mol. The van der Waals surface area contributed by atoms with E-state index in [-0.39, 0.29) is 0 Å². The van der Waals surface area contributed by atoms with Crippen LogP contribution in [0.4, 0.5) is 0 Å². The van der Waals surface area contributed by atoms with Gasteiger partial charge in [0, 0.05) is 17.2 Å². The van der Waals surface area contributed by atoms with Gasteiger partial charge in [0.15, 0.2) is 4.96 Å². The van der Waals surface area contributed by atoms with E-state index in [1.165, 1.54) is 23.3 Å². The van der Waals surface area contributed by atoms with Crippen molar-refractivity contribution in [3.8, 4) is 11.3 Å². The van der Waals surface area contributed by atoms with E-state index in [1.807, 2.05) is 6.92 Å². The molecule has 2 aromatic heterocycles. The maximum absolute atomic E-state index is 11.6. The van der Waals surface area contributed by atoms with Gasteiger partial charge in [-0.05, 0) is 26.7 Å². The number of thiazole rings is 1. The standard InChI is InChI=1S/C18H18N2O2S/c1-10-6-8-12(9-7-10)14-11(2)20-15(13-4-3-5-13)16(17(21)22)23-18(20)19-14/h6-9,13H,3-5H2,1-2H3,(H,21,22). The predicted octanol–water partition coefficient (Wildman–Crippen LogP) is 4.65. The van der Waals surface area contributed by atoms with Crippen LogP contribution < -0.4 is 0 Å². The largest absolute Gasteiger partial charge is 0.477 e. The summed E-state index contributed by atoms with van der Waals surface area (Å²) in [7, 11) is 0. The normalized spacial score (nSPS) is 15.0. The average molecular weight is 326 g/mol. The van der Waals surface area contributed by atoms with E-state index >= 15 is 0 Å². The molecule has 0 spiro atoms. The molecule has 0 radical (unpaired) electrons. The van der Waals surface area contributed by atoms with Crippen molar-refractivity contribution in [3.05, 3.63) is 46.1 Å². The third-order valence-corrected chi connectivity index (χ3v) is 5.80. The fourth-order valence-electron chi connectivity index (χ4n) is 3.26. The number of benzene rings is 1. The maximum atomic E-state index is 11.6. The van der Waals surface area contributed by atoms with Crippen LogP contribution in [0.3, 0.4) is 0 Å². The molecule has 1 aliphatic carbocycles. The molecule has 118 valence electrons. The smallest absolute Gasteiger partial charge is 0.347 e. The number of aromatic nitrogens is 2. The van der Waals surface area contributed by atoms with Crippen molar-refractivity contribution in [2.75, 3.05) is 0 Å². The second kappa shape index (κ2) is 5.20. The van der Waals surface area contributed by atoms with Gasteiger partial charge >= 0.3 is 5.97 Å². The van der Waals surface area contributed by atoms with Gasteiger partial charge in [0.25, 0.3) is 0 Å². The first-order chi connectivity index (χ1) is 11.1. The number of nitrogens with zero attached hydrogens (tertiary/aromatic N) is 2. The predicted molar refractivity (Wildman–Crippen MR) is 91.5 cm³/mol. The Morgan fingerprint density at radius 3 is 2.52 bits per heavy atom. The lowest BCUT2D eigenvalue weighted by Crippen LogP contribution is -2.15. The number of carbonyl (C=O) groups is 1. The molecule has 0 unspecified atom stereocenters. The van der Waals surface area contributed by atoms with Crippen LogP contribution in [-0.2, 0) is 0 Å². The molecule has 1 fully saturated rings. The van der Waals surface area contributed by atoms with Crippen LogP contribution in [-0.4, -0.2) is 20.5 Å². The minimum absolute atomic E-state index is 0.355. The van der Waals surface area contributed by atoms with Crippen molar-refractivity contribution in [1.29, 1.82) is 0 Å². The van der Waals surface area contributed by atoms with Gasteiger partial charge in [0.1, 0.15) is 4.88 Å². The number of hydrogen-bond donors (Lipinski definition) is 1. The minimum Gasteiger partial charge on any atom is -0.477 e. The lowest BCUT2D eigenvalue weighted by molar-refractivity contribution is 0.0699. The van der Waals surface area contributed by atoms with Crippen LogP contribution in [0.1, 0.15) is 51.8 Å². The number of hydrogen-bond acceptors (Lipinski definition) is 3. The van der Waals surface area contributed by atoms with E-state index in [4.69, 9.17) is 4.98 Å². The van der Waals surface area contributed by atoms with Gasteiger partial charge in [-0.25, -0.2) is 9.78 Å². The summed E-state index contributed by atoms with van der Waals surface area (Å²) in [6, 6.07) is 8.32. The van der Waals surface area contributed by atoms with Gasteiger partial charge in [-0.3, -0.25) is 4.40 Å². The molecule has 3 aromatic rings. The molecule has 4 rings (SSSR count). The zero-order valence-electron chi connectivity index (χ0n) is 13.2. The molecule has 23 heavy (non-hydrogen) atoms. The van der Waals surface area contributed by atoms with Crippen LogP contribution in [0.5, 0.6) is 0 Å². The number of fused-ring (bicyclic) bond motifs is 1. The molecule has 0 bridgehead atoms. The number of imidazole rings is 1. The van der Waals surface area contributed by atoms with Crippen LogP contribution >= 0.6 is 11.3 Å². The maximum Gasteiger partial charge on any atom is 0.347 e. The molecule has 1 aliphatic rings. The summed E-state index contributed by atoms with van der Waals surface area (Å²) in [4.78, 5) is 17.6. The third-order valence-electron chi connectivity index (χ3n) is 4.75. The number of aromatic carboxylic acids is 1. The average Bonchev–Trinajstić information content (AvgIpc) is 2.97. The molecule has 0 saturated heterocycles. The summed E-state index contributed by atoms with van der Waals surface area (Å²) in [5.74, 6) is -0.479. The summed E-state index contributed by atoms with van der Waals surface area (Å²) in [6.07, 6.45) is 3.33. The van der Waals surface area contributed by atoms with Crippen molar-refractivity contribution in [1.82, 2.24) is 9.38 Å². The van der Waals surface area contributed by atoms with Gasteiger partial charge in [-0.1, -0.05) is 47.6 Å². The second-order valence-corrected chi connectivity index (χ2v) is 7.26. The summed E-state index contributed by atoms with van der Waals surface area (Å²) in [6.45, 7) is 4.10. The number of aryl methyl sites for hydroxylation is 2. The summed E-state index contributed by atoms with van der Waals surface area (Å²) < 4.78 is 2.08. The molecule has 2 heterocycles. The van der Waals surface area contributed by atoms with Crippen LogP contribution in [0, 0.1) is 13.8 Å². The summed E-state index contributed by atoms with van der Waals surface area (Å²) in [5, 5.41) is 9.53. The first-order valence-corrected chi connectivity index (χ1v) is 8.70. The minimum atomic E-state index is -0.835. The summed E-state index contributed by atoms with van der Waals surface area (Å²) in [5.41, 5.74) is 5.24. The van der Waals surface area contributed by atoms with Crippen LogP contribution in [0.25, 0.3) is 16.2 Å². The van der Waals surface area contributed by atoms with Gasteiger partial charge in [-0.15, -0.1) is 0 Å². The highest BCUT2D eigenvalue weighted by Crippen LogP contribution is 2.42. The van der Waals surface area contributed by atoms with E-state index in [0.717, 1.165) is 40.4 Å². The first kappa shape index (κ1) is 14.5. The quantitative estimate of drug-likeness (QED) is 0.762. The van der Waals surface area contributed by atoms with Crippen molar-refractivity contribution >= 4 is 22.3 Å². The molecule has 4 nitrogen and oxygen atoms in total. The Kier molecular flexibility index (Phi) is 3.27. The van der Waals surface area contributed by atoms with Crippen molar-refractivity contribution in [3.63, 3.8) is 0 Å².